The second-order valence-electron chi connectivity index (χ2n) is 6.84. The number of benzene rings is 1. The van der Waals surface area contributed by atoms with Crippen molar-refractivity contribution in [3.05, 3.63) is 41.1 Å². The molecule has 1 unspecified atom stereocenters. The van der Waals surface area contributed by atoms with Crippen LogP contribution >= 0.6 is 0 Å². The summed E-state index contributed by atoms with van der Waals surface area (Å²) < 4.78 is 5.20. The van der Waals surface area contributed by atoms with Crippen molar-refractivity contribution >= 4 is 0 Å². The Bertz CT molecular complexity index is 479. The molecule has 0 bridgehead atoms. The van der Waals surface area contributed by atoms with E-state index in [0.29, 0.717) is 11.5 Å². The molecule has 0 heterocycles. The summed E-state index contributed by atoms with van der Waals surface area (Å²) in [7, 11) is 1.71. The first kappa shape index (κ1) is 15.0. The lowest BCUT2D eigenvalue weighted by Gasteiger charge is -2.34. The fourth-order valence-electron chi connectivity index (χ4n) is 2.26. The lowest BCUT2D eigenvalue weighted by molar-refractivity contribution is 0.296. The molecule has 0 aromatic heterocycles. The second kappa shape index (κ2) is 5.90. The van der Waals surface area contributed by atoms with Crippen molar-refractivity contribution in [3.63, 3.8) is 0 Å². The zero-order valence-corrected chi connectivity index (χ0v) is 13.4. The predicted octanol–water partition coefficient (Wildman–Crippen LogP) is 4.31. The van der Waals surface area contributed by atoms with Crippen LogP contribution in [-0.2, 0) is 6.42 Å². The molecule has 0 radical (unpaired) electrons. The van der Waals surface area contributed by atoms with E-state index in [-0.39, 0.29) is 0 Å². The summed E-state index contributed by atoms with van der Waals surface area (Å²) in [5.74, 6) is 0.927. The van der Waals surface area contributed by atoms with Crippen molar-refractivity contribution < 1.29 is 4.74 Å². The lowest BCUT2D eigenvalue weighted by Crippen LogP contribution is -2.39. The Balaban J connectivity index is 2.00. The molecule has 1 aromatic carbocycles. The summed E-state index contributed by atoms with van der Waals surface area (Å²) in [5, 5.41) is 3.70. The van der Waals surface area contributed by atoms with Gasteiger partial charge in [-0.2, -0.15) is 0 Å². The van der Waals surface area contributed by atoms with Gasteiger partial charge in [0, 0.05) is 11.7 Å². The van der Waals surface area contributed by atoms with E-state index < -0.39 is 0 Å². The number of ether oxygens (including phenoxy) is 1. The third-order valence-electron chi connectivity index (χ3n) is 4.37. The molecular formula is C18H27NO. The van der Waals surface area contributed by atoms with E-state index >= 15 is 0 Å². The first-order valence-electron chi connectivity index (χ1n) is 7.50. The summed E-state index contributed by atoms with van der Waals surface area (Å²) >= 11 is 0. The van der Waals surface area contributed by atoms with E-state index in [4.69, 9.17) is 4.74 Å². The van der Waals surface area contributed by atoms with Crippen molar-refractivity contribution in [1.82, 2.24) is 5.32 Å². The van der Waals surface area contributed by atoms with Crippen LogP contribution in [0.2, 0.25) is 0 Å². The van der Waals surface area contributed by atoms with Crippen LogP contribution in [0.4, 0.5) is 0 Å². The number of allylic oxidation sites excluding steroid dienone is 2. The van der Waals surface area contributed by atoms with E-state index in [0.717, 1.165) is 12.2 Å². The van der Waals surface area contributed by atoms with Crippen LogP contribution in [0.25, 0.3) is 0 Å². The molecule has 20 heavy (non-hydrogen) atoms. The summed E-state index contributed by atoms with van der Waals surface area (Å²) in [6.07, 6.45) is 3.49. The molecule has 0 aliphatic heterocycles. The van der Waals surface area contributed by atoms with Gasteiger partial charge in [0.2, 0.25) is 0 Å². The molecule has 1 atom stereocenters. The molecule has 2 nitrogen and oxygen atoms in total. The van der Waals surface area contributed by atoms with Gasteiger partial charge in [-0.15, -0.1) is 0 Å². The van der Waals surface area contributed by atoms with E-state index in [1.165, 1.54) is 24.1 Å². The Hall–Kier alpha value is -1.44. The van der Waals surface area contributed by atoms with Crippen LogP contribution < -0.4 is 10.1 Å². The van der Waals surface area contributed by atoms with Gasteiger partial charge in [-0.25, -0.2) is 0 Å². The van der Waals surface area contributed by atoms with Gasteiger partial charge in [-0.05, 0) is 54.9 Å². The average molecular weight is 273 g/mol. The van der Waals surface area contributed by atoms with Crippen LogP contribution in [-0.4, -0.2) is 13.2 Å². The van der Waals surface area contributed by atoms with Crippen molar-refractivity contribution in [2.45, 2.75) is 53.0 Å². The van der Waals surface area contributed by atoms with E-state index in [1.54, 1.807) is 12.7 Å². The topological polar surface area (TPSA) is 21.3 Å². The molecule has 2 heteroatoms. The van der Waals surface area contributed by atoms with Gasteiger partial charge >= 0.3 is 0 Å². The van der Waals surface area contributed by atoms with Gasteiger partial charge in [0.15, 0.2) is 0 Å². The largest absolute Gasteiger partial charge is 0.497 e. The SMILES string of the molecule is COc1ccc(CC2=C(NC(C)C(C)(C)C)CC2)cc1. The van der Waals surface area contributed by atoms with Crippen molar-refractivity contribution in [1.29, 1.82) is 0 Å². The fourth-order valence-corrected chi connectivity index (χ4v) is 2.26. The van der Waals surface area contributed by atoms with Gasteiger partial charge in [-0.1, -0.05) is 32.9 Å². The smallest absolute Gasteiger partial charge is 0.118 e. The Labute approximate surface area is 123 Å². The monoisotopic (exact) mass is 273 g/mol. The van der Waals surface area contributed by atoms with Crippen LogP contribution in [0.1, 0.15) is 46.1 Å². The summed E-state index contributed by atoms with van der Waals surface area (Å²) in [6.45, 7) is 9.13. The first-order valence-corrected chi connectivity index (χ1v) is 7.50. The summed E-state index contributed by atoms with van der Waals surface area (Å²) in [5.41, 5.74) is 4.69. The highest BCUT2D eigenvalue weighted by Crippen LogP contribution is 2.31. The standard InChI is InChI=1S/C18H27NO/c1-13(18(2,3)4)19-17-11-8-15(17)12-14-6-9-16(20-5)10-7-14/h6-7,9-10,13,19H,8,11-12H2,1-5H3. The fraction of sp³-hybridized carbons (Fsp3) is 0.556. The molecule has 110 valence electrons. The maximum atomic E-state index is 5.20. The predicted molar refractivity (Wildman–Crippen MR) is 85.0 cm³/mol. The Morgan fingerprint density at radius 1 is 1.15 bits per heavy atom. The van der Waals surface area contributed by atoms with E-state index in [2.05, 4.69) is 45.1 Å². The number of nitrogens with one attached hydrogen (secondary N) is 1. The lowest BCUT2D eigenvalue weighted by atomic mass is 9.84. The normalized spacial score (nSPS) is 16.6. The Morgan fingerprint density at radius 3 is 2.25 bits per heavy atom. The van der Waals surface area contributed by atoms with Gasteiger partial charge < -0.3 is 10.1 Å². The maximum Gasteiger partial charge on any atom is 0.118 e. The minimum atomic E-state index is 0.299. The number of hydrogen-bond acceptors (Lipinski definition) is 2. The van der Waals surface area contributed by atoms with Crippen LogP contribution in [0.3, 0.4) is 0 Å². The third kappa shape index (κ3) is 3.56. The average Bonchev–Trinajstić information content (AvgIpc) is 2.40. The minimum absolute atomic E-state index is 0.299. The highest BCUT2D eigenvalue weighted by Gasteiger charge is 2.24. The molecule has 0 spiro atoms. The first-order chi connectivity index (χ1) is 9.40. The van der Waals surface area contributed by atoms with Crippen molar-refractivity contribution in [2.75, 3.05) is 7.11 Å². The van der Waals surface area contributed by atoms with Crippen molar-refractivity contribution in [3.8, 4) is 5.75 Å². The Morgan fingerprint density at radius 2 is 1.80 bits per heavy atom. The maximum absolute atomic E-state index is 5.20. The van der Waals surface area contributed by atoms with Gasteiger partial charge in [0.1, 0.15) is 5.75 Å². The molecular weight excluding hydrogens is 246 g/mol. The Kier molecular flexibility index (Phi) is 4.42. The molecule has 0 saturated carbocycles. The highest BCUT2D eigenvalue weighted by molar-refractivity contribution is 5.34. The molecule has 0 amide bonds. The van der Waals surface area contributed by atoms with E-state index in [1.807, 2.05) is 12.1 Å². The molecule has 0 fully saturated rings. The highest BCUT2D eigenvalue weighted by atomic mass is 16.5. The van der Waals surface area contributed by atoms with Crippen LogP contribution in [0.15, 0.2) is 35.5 Å². The van der Waals surface area contributed by atoms with Crippen LogP contribution in [0.5, 0.6) is 5.75 Å². The van der Waals surface area contributed by atoms with Gasteiger partial charge in [0.25, 0.3) is 0 Å². The molecule has 1 aliphatic rings. The number of rotatable bonds is 5. The van der Waals surface area contributed by atoms with Crippen LogP contribution in [0, 0.1) is 5.41 Å². The van der Waals surface area contributed by atoms with E-state index in [9.17, 15) is 0 Å². The number of methoxy groups -OCH3 is 1. The molecule has 1 N–H and O–H groups in total. The summed E-state index contributed by atoms with van der Waals surface area (Å²) in [6, 6.07) is 8.91. The quantitative estimate of drug-likeness (QED) is 0.863. The third-order valence-corrected chi connectivity index (χ3v) is 4.37. The molecule has 1 aromatic rings. The molecule has 1 aliphatic carbocycles. The zero-order chi connectivity index (χ0) is 14.8. The van der Waals surface area contributed by atoms with Gasteiger partial charge in [-0.3, -0.25) is 0 Å². The molecule has 2 rings (SSSR count). The summed E-state index contributed by atoms with van der Waals surface area (Å²) in [4.78, 5) is 0. The van der Waals surface area contributed by atoms with Gasteiger partial charge in [0.05, 0.1) is 7.11 Å². The number of hydrogen-bond donors (Lipinski definition) is 1. The van der Waals surface area contributed by atoms with Crippen molar-refractivity contribution in [2.24, 2.45) is 5.41 Å². The minimum Gasteiger partial charge on any atom is -0.497 e. The zero-order valence-electron chi connectivity index (χ0n) is 13.4. The second-order valence-corrected chi connectivity index (χ2v) is 6.84. The molecule has 0 saturated heterocycles.